The van der Waals surface area contributed by atoms with Gasteiger partial charge in [0, 0.05) is 5.75 Å². The highest BCUT2D eigenvalue weighted by Crippen LogP contribution is 2.14. The van der Waals surface area contributed by atoms with Crippen molar-refractivity contribution in [3.63, 3.8) is 0 Å². The molecule has 0 amide bonds. The lowest BCUT2D eigenvalue weighted by Crippen LogP contribution is -2.14. The summed E-state index contributed by atoms with van der Waals surface area (Å²) in [6.45, 7) is 0. The van der Waals surface area contributed by atoms with Crippen LogP contribution in [0.5, 0.6) is 0 Å². The Bertz CT molecular complexity index is 153. The topological polar surface area (TPSA) is 40.5 Å². The van der Waals surface area contributed by atoms with Gasteiger partial charge in [0.1, 0.15) is 0 Å². The first-order valence-corrected chi connectivity index (χ1v) is 3.70. The molecule has 1 aliphatic rings. The second-order valence-corrected chi connectivity index (χ2v) is 2.63. The molecule has 1 aliphatic heterocycles. The first-order valence-electron chi connectivity index (χ1n) is 2.65. The molecule has 0 saturated carbocycles. The van der Waals surface area contributed by atoms with Crippen LogP contribution in [0.2, 0.25) is 0 Å². The average molecular weight is 142 g/mol. The Balaban J connectivity index is 2.58. The molecular formula is C5H7BO2S. The molecule has 9 heavy (non-hydrogen) atoms. The molecule has 0 saturated heterocycles. The van der Waals surface area contributed by atoms with Crippen molar-refractivity contribution in [2.45, 2.75) is 0 Å². The molecule has 48 valence electrons. The molecule has 1 rings (SSSR count). The Labute approximate surface area is 58.4 Å². The molecule has 2 N–H and O–H groups in total. The van der Waals surface area contributed by atoms with E-state index in [9.17, 15) is 0 Å². The van der Waals surface area contributed by atoms with Crippen molar-refractivity contribution in [2.75, 3.05) is 5.75 Å². The van der Waals surface area contributed by atoms with E-state index in [1.54, 1.807) is 23.2 Å². The molecule has 0 unspecified atom stereocenters. The van der Waals surface area contributed by atoms with E-state index in [0.717, 1.165) is 5.75 Å². The third-order valence-electron chi connectivity index (χ3n) is 1.02. The van der Waals surface area contributed by atoms with Gasteiger partial charge in [-0.2, -0.15) is 0 Å². The molecule has 0 aromatic rings. The van der Waals surface area contributed by atoms with Crippen molar-refractivity contribution in [1.82, 2.24) is 0 Å². The SMILES string of the molecule is OB(O)C1=CSCC=C1. The zero-order chi connectivity index (χ0) is 6.69. The van der Waals surface area contributed by atoms with Crippen LogP contribution in [0.4, 0.5) is 0 Å². The fraction of sp³-hybridized carbons (Fsp3) is 0.200. The second kappa shape index (κ2) is 3.10. The highest BCUT2D eigenvalue weighted by Gasteiger charge is 2.12. The number of rotatable bonds is 1. The molecule has 0 aromatic heterocycles. The van der Waals surface area contributed by atoms with Crippen LogP contribution in [0.1, 0.15) is 0 Å². The first-order chi connectivity index (χ1) is 4.30. The van der Waals surface area contributed by atoms with Crippen LogP contribution in [0.25, 0.3) is 0 Å². The van der Waals surface area contributed by atoms with Crippen LogP contribution >= 0.6 is 11.8 Å². The van der Waals surface area contributed by atoms with Gasteiger partial charge in [-0.15, -0.1) is 11.8 Å². The Kier molecular flexibility index (Phi) is 2.39. The van der Waals surface area contributed by atoms with E-state index in [2.05, 4.69) is 0 Å². The van der Waals surface area contributed by atoms with Gasteiger partial charge >= 0.3 is 7.12 Å². The van der Waals surface area contributed by atoms with Crippen molar-refractivity contribution in [3.05, 3.63) is 23.0 Å². The van der Waals surface area contributed by atoms with E-state index in [-0.39, 0.29) is 0 Å². The average Bonchev–Trinajstić information content (AvgIpc) is 1.90. The quantitative estimate of drug-likeness (QED) is 0.513. The van der Waals surface area contributed by atoms with Crippen LogP contribution in [0.15, 0.2) is 23.0 Å². The molecule has 0 atom stereocenters. The summed E-state index contributed by atoms with van der Waals surface area (Å²) in [4.78, 5) is 0. The highest BCUT2D eigenvalue weighted by atomic mass is 32.2. The molecule has 0 aliphatic carbocycles. The fourth-order valence-electron chi connectivity index (χ4n) is 0.570. The van der Waals surface area contributed by atoms with Crippen molar-refractivity contribution in [3.8, 4) is 0 Å². The third-order valence-corrected chi connectivity index (χ3v) is 1.84. The van der Waals surface area contributed by atoms with Gasteiger partial charge in [-0.3, -0.25) is 0 Å². The summed E-state index contributed by atoms with van der Waals surface area (Å²) in [6, 6.07) is 0. The smallest absolute Gasteiger partial charge is 0.423 e. The molecule has 0 spiro atoms. The third kappa shape index (κ3) is 1.89. The predicted octanol–water partition coefficient (Wildman–Crippen LogP) is 0.185. The summed E-state index contributed by atoms with van der Waals surface area (Å²) in [5, 5.41) is 19.0. The minimum absolute atomic E-state index is 0.575. The molecule has 0 aromatic carbocycles. The van der Waals surface area contributed by atoms with Gasteiger partial charge in [0.25, 0.3) is 0 Å². The molecule has 0 radical (unpaired) electrons. The van der Waals surface area contributed by atoms with E-state index in [1.807, 2.05) is 6.08 Å². The minimum Gasteiger partial charge on any atom is -0.423 e. The first kappa shape index (κ1) is 6.93. The molecule has 2 nitrogen and oxygen atoms in total. The maximum absolute atomic E-state index is 8.60. The lowest BCUT2D eigenvalue weighted by atomic mass is 9.80. The van der Waals surface area contributed by atoms with Crippen molar-refractivity contribution < 1.29 is 10.0 Å². The summed E-state index contributed by atoms with van der Waals surface area (Å²) >= 11 is 1.56. The normalized spacial score (nSPS) is 17.3. The number of hydrogen-bond donors (Lipinski definition) is 2. The van der Waals surface area contributed by atoms with Gasteiger partial charge in [-0.25, -0.2) is 0 Å². The second-order valence-electron chi connectivity index (χ2n) is 1.73. The summed E-state index contributed by atoms with van der Waals surface area (Å²) < 4.78 is 0. The Morgan fingerprint density at radius 3 is 2.67 bits per heavy atom. The minimum atomic E-state index is -1.31. The lowest BCUT2D eigenvalue weighted by molar-refractivity contribution is 0.421. The van der Waals surface area contributed by atoms with Crippen molar-refractivity contribution in [2.24, 2.45) is 0 Å². The van der Waals surface area contributed by atoms with E-state index in [4.69, 9.17) is 10.0 Å². The predicted molar refractivity (Wildman–Crippen MR) is 39.9 cm³/mol. The summed E-state index contributed by atoms with van der Waals surface area (Å²) in [6.07, 6.45) is 3.63. The summed E-state index contributed by atoms with van der Waals surface area (Å²) in [5.74, 6) is 0.927. The van der Waals surface area contributed by atoms with Gasteiger partial charge in [-0.05, 0) is 10.9 Å². The zero-order valence-electron chi connectivity index (χ0n) is 4.82. The molecular weight excluding hydrogens is 135 g/mol. The van der Waals surface area contributed by atoms with Crippen molar-refractivity contribution >= 4 is 18.9 Å². The molecule has 0 bridgehead atoms. The maximum Gasteiger partial charge on any atom is 0.488 e. The maximum atomic E-state index is 8.60. The van der Waals surface area contributed by atoms with Crippen LogP contribution < -0.4 is 0 Å². The van der Waals surface area contributed by atoms with E-state index < -0.39 is 7.12 Å². The van der Waals surface area contributed by atoms with Gasteiger partial charge in [0.05, 0.1) is 0 Å². The van der Waals surface area contributed by atoms with Gasteiger partial charge in [-0.1, -0.05) is 12.2 Å². The van der Waals surface area contributed by atoms with Crippen molar-refractivity contribution in [1.29, 1.82) is 0 Å². The van der Waals surface area contributed by atoms with E-state index in [1.165, 1.54) is 0 Å². The van der Waals surface area contributed by atoms with Gasteiger partial charge < -0.3 is 10.0 Å². The summed E-state index contributed by atoms with van der Waals surface area (Å²) in [5.41, 5.74) is 0.575. The molecule has 0 fully saturated rings. The lowest BCUT2D eigenvalue weighted by Gasteiger charge is -2.02. The highest BCUT2D eigenvalue weighted by molar-refractivity contribution is 8.02. The van der Waals surface area contributed by atoms with Gasteiger partial charge in [0.2, 0.25) is 0 Å². The molecule has 4 heteroatoms. The van der Waals surface area contributed by atoms with Crippen LogP contribution in [-0.2, 0) is 0 Å². The monoisotopic (exact) mass is 142 g/mol. The molecule has 1 heterocycles. The number of thioether (sulfide) groups is 1. The van der Waals surface area contributed by atoms with Crippen LogP contribution in [0, 0.1) is 0 Å². The number of allylic oxidation sites excluding steroid dienone is 2. The van der Waals surface area contributed by atoms with E-state index in [0.29, 0.717) is 5.47 Å². The van der Waals surface area contributed by atoms with Crippen LogP contribution in [-0.4, -0.2) is 22.9 Å². The van der Waals surface area contributed by atoms with E-state index >= 15 is 0 Å². The Morgan fingerprint density at radius 1 is 1.56 bits per heavy atom. The Hall–Kier alpha value is -0.185. The Morgan fingerprint density at radius 2 is 2.33 bits per heavy atom. The largest absolute Gasteiger partial charge is 0.488 e. The fourth-order valence-corrected chi connectivity index (χ4v) is 1.27. The zero-order valence-corrected chi connectivity index (χ0v) is 5.64. The van der Waals surface area contributed by atoms with Gasteiger partial charge in [0.15, 0.2) is 0 Å². The standard InChI is InChI=1S/C5H7BO2S/c7-6(8)5-2-1-3-9-4-5/h1-2,4,7-8H,3H2. The van der Waals surface area contributed by atoms with Crippen LogP contribution in [0.3, 0.4) is 0 Å². The summed E-state index contributed by atoms with van der Waals surface area (Å²) in [7, 11) is -1.31. The number of hydrogen-bond acceptors (Lipinski definition) is 3.